The second kappa shape index (κ2) is 14.1. The van der Waals surface area contributed by atoms with E-state index in [9.17, 15) is 18.0 Å². The first-order valence-corrected chi connectivity index (χ1v) is 15.0. The molecule has 1 fully saturated rings. The van der Waals surface area contributed by atoms with E-state index in [1.54, 1.807) is 36.4 Å². The minimum Gasteiger partial charge on any atom is -0.445 e. The molecule has 0 radical (unpaired) electrons. The highest BCUT2D eigenvalue weighted by molar-refractivity contribution is 7.99. The molecule has 0 bridgehead atoms. The smallest absolute Gasteiger partial charge is 0.408 e. The molecule has 1 aliphatic rings. The largest absolute Gasteiger partial charge is 0.445 e. The van der Waals surface area contributed by atoms with Crippen molar-refractivity contribution in [2.24, 2.45) is 0 Å². The third-order valence-electron chi connectivity index (χ3n) is 5.80. The van der Waals surface area contributed by atoms with Crippen molar-refractivity contribution in [2.45, 2.75) is 52.9 Å². The van der Waals surface area contributed by atoms with E-state index in [0.717, 1.165) is 28.2 Å². The van der Waals surface area contributed by atoms with Gasteiger partial charge in [0.25, 0.3) is 5.91 Å². The highest BCUT2D eigenvalue weighted by Crippen LogP contribution is 2.28. The molecule has 0 spiro atoms. The van der Waals surface area contributed by atoms with Crippen LogP contribution in [0.4, 0.5) is 4.79 Å². The molecule has 3 aromatic carbocycles. The number of hydroxylamine groups is 1. The molecule has 4 rings (SSSR count). The molecule has 9 nitrogen and oxygen atoms in total. The normalized spacial score (nSPS) is 16.2. The first-order chi connectivity index (χ1) is 18.9. The lowest BCUT2D eigenvalue weighted by molar-refractivity contribution is -0.201. The first-order valence-electron chi connectivity index (χ1n) is 12.5. The minimum atomic E-state index is -3.98. The van der Waals surface area contributed by atoms with Crippen LogP contribution < -0.4 is 10.8 Å². The molecule has 206 valence electrons. The van der Waals surface area contributed by atoms with E-state index < -0.39 is 39.9 Å². The number of ether oxygens (including phenoxy) is 2. The summed E-state index contributed by atoms with van der Waals surface area (Å²) < 4.78 is 37.1. The quantitative estimate of drug-likeness (QED) is 0.324. The molecule has 1 heterocycles. The number of sulfone groups is 1. The van der Waals surface area contributed by atoms with Gasteiger partial charge in [-0.1, -0.05) is 60.3 Å². The van der Waals surface area contributed by atoms with E-state index >= 15 is 0 Å². The van der Waals surface area contributed by atoms with E-state index in [2.05, 4.69) is 10.8 Å². The SMILES string of the molecule is O=C(NC(CS(=O)(=O)c1ccc(Sc2ccccc2)cc1)C(=O)NOC1CCCCO1)OCc1ccccc1. The van der Waals surface area contributed by atoms with Crippen LogP contribution >= 0.6 is 11.8 Å². The van der Waals surface area contributed by atoms with Gasteiger partial charge in [-0.15, -0.1) is 0 Å². The van der Waals surface area contributed by atoms with Crippen molar-refractivity contribution >= 4 is 33.6 Å². The van der Waals surface area contributed by atoms with E-state index in [1.807, 2.05) is 36.4 Å². The Balaban J connectivity index is 1.42. The van der Waals surface area contributed by atoms with Gasteiger partial charge in [0.05, 0.1) is 10.6 Å². The topological polar surface area (TPSA) is 120 Å². The lowest BCUT2D eigenvalue weighted by Crippen LogP contribution is -2.51. The molecule has 3 aromatic rings. The van der Waals surface area contributed by atoms with Gasteiger partial charge in [0, 0.05) is 22.8 Å². The molecule has 1 aliphatic heterocycles. The predicted molar refractivity (Wildman–Crippen MR) is 145 cm³/mol. The van der Waals surface area contributed by atoms with E-state index in [0.29, 0.717) is 13.0 Å². The monoisotopic (exact) mass is 570 g/mol. The zero-order valence-electron chi connectivity index (χ0n) is 21.2. The fourth-order valence-electron chi connectivity index (χ4n) is 3.74. The molecule has 2 amide bonds. The van der Waals surface area contributed by atoms with E-state index in [4.69, 9.17) is 14.3 Å². The van der Waals surface area contributed by atoms with Gasteiger partial charge in [-0.3, -0.25) is 4.79 Å². The Bertz CT molecular complexity index is 1320. The summed E-state index contributed by atoms with van der Waals surface area (Å²) in [6.07, 6.45) is 0.785. The molecule has 11 heteroatoms. The minimum absolute atomic E-state index is 0.0219. The zero-order valence-corrected chi connectivity index (χ0v) is 22.8. The summed E-state index contributed by atoms with van der Waals surface area (Å²) in [5.41, 5.74) is 2.98. The van der Waals surface area contributed by atoms with Gasteiger partial charge in [0.2, 0.25) is 0 Å². The average molecular weight is 571 g/mol. The Labute approximate surface area is 232 Å². The van der Waals surface area contributed by atoms with Crippen molar-refractivity contribution in [3.63, 3.8) is 0 Å². The summed E-state index contributed by atoms with van der Waals surface area (Å²) in [5.74, 6) is -1.53. The molecule has 2 N–H and O–H groups in total. The summed E-state index contributed by atoms with van der Waals surface area (Å²) in [5, 5.41) is 2.37. The van der Waals surface area contributed by atoms with Gasteiger partial charge in [0.15, 0.2) is 16.1 Å². The van der Waals surface area contributed by atoms with Crippen molar-refractivity contribution in [1.82, 2.24) is 10.8 Å². The highest BCUT2D eigenvalue weighted by Gasteiger charge is 2.30. The number of benzene rings is 3. The van der Waals surface area contributed by atoms with Gasteiger partial charge < -0.3 is 14.8 Å². The molecule has 39 heavy (non-hydrogen) atoms. The number of hydrogen-bond acceptors (Lipinski definition) is 8. The second-order valence-corrected chi connectivity index (χ2v) is 12.0. The fourth-order valence-corrected chi connectivity index (χ4v) is 6.00. The number of rotatable bonds is 11. The standard InChI is InChI=1S/C28H30N2O7S2/c31-27(30-37-26-13-7-8-18-35-26)25(29-28(32)36-19-21-9-3-1-4-10-21)20-39(33,34)24-16-14-23(15-17-24)38-22-11-5-2-6-12-22/h1-6,9-12,14-17,25-26H,7-8,13,18-20H2,(H,29,32)(H,30,31). The van der Waals surface area contributed by atoms with Crippen LogP contribution in [0.15, 0.2) is 99.6 Å². The maximum absolute atomic E-state index is 13.2. The average Bonchev–Trinajstić information content (AvgIpc) is 2.96. The number of carbonyl (C=O) groups excluding carboxylic acids is 2. The molecule has 0 saturated carbocycles. The van der Waals surface area contributed by atoms with Gasteiger partial charge in [-0.25, -0.2) is 23.5 Å². The third-order valence-corrected chi connectivity index (χ3v) is 8.58. The van der Waals surface area contributed by atoms with Crippen LogP contribution in [-0.4, -0.2) is 45.1 Å². The number of carbonyl (C=O) groups is 2. The van der Waals surface area contributed by atoms with Crippen molar-refractivity contribution < 1.29 is 32.3 Å². The van der Waals surface area contributed by atoms with Crippen LogP contribution in [0, 0.1) is 0 Å². The summed E-state index contributed by atoms with van der Waals surface area (Å²) in [7, 11) is -3.98. The molecule has 2 unspecified atom stereocenters. The Kier molecular flexibility index (Phi) is 10.4. The van der Waals surface area contributed by atoms with E-state index in [1.165, 1.54) is 23.9 Å². The van der Waals surface area contributed by atoms with Crippen molar-refractivity contribution in [2.75, 3.05) is 12.4 Å². The molecular formula is C28H30N2O7S2. The van der Waals surface area contributed by atoms with Crippen molar-refractivity contribution in [3.05, 3.63) is 90.5 Å². The van der Waals surface area contributed by atoms with Gasteiger partial charge in [-0.05, 0) is 54.8 Å². The molecule has 0 aromatic heterocycles. The fraction of sp³-hybridized carbons (Fsp3) is 0.286. The molecule has 1 saturated heterocycles. The Hall–Kier alpha value is -3.38. The Morgan fingerprint density at radius 1 is 0.923 bits per heavy atom. The number of amides is 2. The van der Waals surface area contributed by atoms with Crippen LogP contribution in [0.25, 0.3) is 0 Å². The molecule has 0 aliphatic carbocycles. The third kappa shape index (κ3) is 9.10. The first kappa shape index (κ1) is 28.6. The maximum atomic E-state index is 13.2. The highest BCUT2D eigenvalue weighted by atomic mass is 32.2. The lowest BCUT2D eigenvalue weighted by Gasteiger charge is -2.24. The van der Waals surface area contributed by atoms with Crippen LogP contribution in [0.5, 0.6) is 0 Å². The lowest BCUT2D eigenvalue weighted by atomic mass is 10.2. The van der Waals surface area contributed by atoms with Crippen molar-refractivity contribution in [1.29, 1.82) is 0 Å². The summed E-state index contributed by atoms with van der Waals surface area (Å²) in [6, 6.07) is 23.6. The summed E-state index contributed by atoms with van der Waals surface area (Å²) >= 11 is 1.50. The summed E-state index contributed by atoms with van der Waals surface area (Å²) in [6.45, 7) is 0.460. The van der Waals surface area contributed by atoms with Crippen LogP contribution in [0.3, 0.4) is 0 Å². The number of hydrogen-bond donors (Lipinski definition) is 2. The number of alkyl carbamates (subject to hydrolysis) is 1. The van der Waals surface area contributed by atoms with Gasteiger partial charge in [0.1, 0.15) is 12.6 Å². The maximum Gasteiger partial charge on any atom is 0.408 e. The number of nitrogens with one attached hydrogen (secondary N) is 2. The molecular weight excluding hydrogens is 540 g/mol. The van der Waals surface area contributed by atoms with Crippen LogP contribution in [0.2, 0.25) is 0 Å². The predicted octanol–water partition coefficient (Wildman–Crippen LogP) is 4.48. The Morgan fingerprint density at radius 2 is 1.59 bits per heavy atom. The van der Waals surface area contributed by atoms with Crippen molar-refractivity contribution in [3.8, 4) is 0 Å². The second-order valence-electron chi connectivity index (χ2n) is 8.81. The van der Waals surface area contributed by atoms with Crippen LogP contribution in [0.1, 0.15) is 24.8 Å². The van der Waals surface area contributed by atoms with Gasteiger partial charge in [-0.2, -0.15) is 0 Å². The van der Waals surface area contributed by atoms with E-state index in [-0.39, 0.29) is 11.5 Å². The van der Waals surface area contributed by atoms with Gasteiger partial charge >= 0.3 is 6.09 Å². The summed E-state index contributed by atoms with van der Waals surface area (Å²) in [4.78, 5) is 32.7. The van der Waals surface area contributed by atoms with Crippen LogP contribution in [-0.2, 0) is 35.5 Å². The molecule has 2 atom stereocenters. The zero-order chi connectivity index (χ0) is 27.5. The Morgan fingerprint density at radius 3 is 2.26 bits per heavy atom.